The average molecular weight is 845 g/mol. The fourth-order valence-electron chi connectivity index (χ4n) is 5.07. The predicted octanol–water partition coefficient (Wildman–Crippen LogP) is 11.8. The van der Waals surface area contributed by atoms with E-state index in [0.717, 1.165) is 96.3 Å². The van der Waals surface area contributed by atoms with Gasteiger partial charge in [0.2, 0.25) is 0 Å². The molecular weight excluding hydrogens is 767 g/mol. The van der Waals surface area contributed by atoms with Crippen LogP contribution in [-0.2, 0) is 32.7 Å². The van der Waals surface area contributed by atoms with Crippen molar-refractivity contribution in [2.24, 2.45) is 0 Å². The molecule has 3 atom stereocenters. The molecule has 0 saturated heterocycles. The second-order valence-electron chi connectivity index (χ2n) is 14.0. The number of unbranched alkanes of at least 4 members (excludes halogenated alkanes) is 7. The summed E-state index contributed by atoms with van der Waals surface area (Å²) >= 11 is 0. The molecule has 0 aromatic heterocycles. The van der Waals surface area contributed by atoms with Gasteiger partial charge >= 0.3 is 19.8 Å². The summed E-state index contributed by atoms with van der Waals surface area (Å²) in [4.78, 5) is 35.0. The number of hydrogen-bond acceptors (Lipinski definition) is 9. The third-order valence-electron chi connectivity index (χ3n) is 8.39. The highest BCUT2D eigenvalue weighted by Crippen LogP contribution is 2.43. The Bertz CT molecular complexity index is 1340. The molecule has 0 aliphatic carbocycles. The fraction of sp³-hybridized carbons (Fsp3) is 0.583. The van der Waals surface area contributed by atoms with E-state index in [-0.39, 0.29) is 19.4 Å². The van der Waals surface area contributed by atoms with Crippen molar-refractivity contribution < 1.29 is 47.8 Å². The third kappa shape index (κ3) is 42.6. The van der Waals surface area contributed by atoms with Crippen LogP contribution < -0.4 is 0 Å². The van der Waals surface area contributed by atoms with Crippen LogP contribution in [0.15, 0.2) is 109 Å². The van der Waals surface area contributed by atoms with Crippen LogP contribution in [0.4, 0.5) is 0 Å². The van der Waals surface area contributed by atoms with Gasteiger partial charge in [0.05, 0.1) is 19.8 Å². The lowest BCUT2D eigenvalue weighted by atomic mass is 10.1. The van der Waals surface area contributed by atoms with Gasteiger partial charge in [0.1, 0.15) is 12.7 Å². The molecule has 3 N–H and O–H groups in total. The van der Waals surface area contributed by atoms with Crippen molar-refractivity contribution >= 4 is 19.8 Å². The zero-order valence-corrected chi connectivity index (χ0v) is 37.1. The zero-order chi connectivity index (χ0) is 43.3. The molecule has 0 radical (unpaired) electrons. The van der Waals surface area contributed by atoms with Crippen LogP contribution in [0.25, 0.3) is 0 Å². The molecule has 0 rings (SSSR count). The van der Waals surface area contributed by atoms with Crippen LogP contribution in [0, 0.1) is 0 Å². The van der Waals surface area contributed by atoms with Crippen molar-refractivity contribution in [2.45, 2.75) is 154 Å². The van der Waals surface area contributed by atoms with E-state index in [1.807, 2.05) is 0 Å². The number of rotatable bonds is 39. The monoisotopic (exact) mass is 845 g/mol. The smallest absolute Gasteiger partial charge is 0.462 e. The maximum Gasteiger partial charge on any atom is 0.472 e. The first-order valence-corrected chi connectivity index (χ1v) is 23.3. The Balaban J connectivity index is 4.45. The van der Waals surface area contributed by atoms with Crippen molar-refractivity contribution in [2.75, 3.05) is 26.4 Å². The maximum atomic E-state index is 12.6. The molecule has 0 saturated carbocycles. The summed E-state index contributed by atoms with van der Waals surface area (Å²) in [5.74, 6) is -1.01. The highest BCUT2D eigenvalue weighted by Gasteiger charge is 2.27. The Morgan fingerprint density at radius 2 is 0.932 bits per heavy atom. The van der Waals surface area contributed by atoms with Gasteiger partial charge in [-0.2, -0.15) is 0 Å². The first-order chi connectivity index (χ1) is 28.7. The minimum atomic E-state index is -4.64. The summed E-state index contributed by atoms with van der Waals surface area (Å²) in [5, 5.41) is 18.3. The minimum absolute atomic E-state index is 0.130. The minimum Gasteiger partial charge on any atom is -0.462 e. The number of phosphoric ester groups is 1. The first kappa shape index (κ1) is 55.6. The summed E-state index contributed by atoms with van der Waals surface area (Å²) in [7, 11) is -4.64. The van der Waals surface area contributed by atoms with Crippen molar-refractivity contribution in [1.82, 2.24) is 0 Å². The van der Waals surface area contributed by atoms with Crippen molar-refractivity contribution in [1.29, 1.82) is 0 Å². The summed E-state index contributed by atoms with van der Waals surface area (Å²) in [6.07, 6.45) is 53.4. The predicted molar refractivity (Wildman–Crippen MR) is 242 cm³/mol. The fourth-order valence-corrected chi connectivity index (χ4v) is 5.86. The molecule has 0 aromatic rings. The quantitative estimate of drug-likeness (QED) is 0.0236. The summed E-state index contributed by atoms with van der Waals surface area (Å²) in [5.41, 5.74) is 0. The van der Waals surface area contributed by atoms with Gasteiger partial charge in [0.15, 0.2) is 6.10 Å². The molecule has 1 unspecified atom stereocenters. The molecule has 0 fully saturated rings. The van der Waals surface area contributed by atoms with Gasteiger partial charge < -0.3 is 24.6 Å². The molecule has 0 heterocycles. The summed E-state index contributed by atoms with van der Waals surface area (Å²) in [6, 6.07) is 0. The Hall–Kier alpha value is -3.37. The zero-order valence-electron chi connectivity index (χ0n) is 36.2. The molecule has 59 heavy (non-hydrogen) atoms. The number of carbonyl (C=O) groups excluding carboxylic acids is 2. The van der Waals surface area contributed by atoms with Gasteiger partial charge in [-0.1, -0.05) is 142 Å². The van der Waals surface area contributed by atoms with Crippen molar-refractivity contribution in [3.05, 3.63) is 109 Å². The molecule has 0 spiro atoms. The van der Waals surface area contributed by atoms with E-state index in [0.29, 0.717) is 12.8 Å². The molecule has 0 aliphatic heterocycles. The van der Waals surface area contributed by atoms with E-state index in [4.69, 9.17) is 19.1 Å². The normalized spacial score (nSPS) is 14.9. The molecule has 10 nitrogen and oxygen atoms in total. The maximum absolute atomic E-state index is 12.6. The Labute approximate surface area is 356 Å². The molecule has 0 amide bonds. The van der Waals surface area contributed by atoms with Crippen LogP contribution >= 0.6 is 7.82 Å². The second kappa shape index (κ2) is 42.7. The van der Waals surface area contributed by atoms with Gasteiger partial charge in [-0.05, 0) is 96.3 Å². The largest absolute Gasteiger partial charge is 0.472 e. The number of esters is 2. The van der Waals surface area contributed by atoms with E-state index in [1.165, 1.54) is 6.42 Å². The highest BCUT2D eigenvalue weighted by atomic mass is 31.2. The van der Waals surface area contributed by atoms with Gasteiger partial charge in [0, 0.05) is 12.8 Å². The Morgan fingerprint density at radius 3 is 1.37 bits per heavy atom. The number of phosphoric acid groups is 1. The highest BCUT2D eigenvalue weighted by molar-refractivity contribution is 7.47. The van der Waals surface area contributed by atoms with E-state index in [9.17, 15) is 24.2 Å². The third-order valence-corrected chi connectivity index (χ3v) is 9.34. The standard InChI is InChI=1S/C48H77O10P/c1-3-5-7-9-11-13-15-17-19-21-22-24-26-28-30-32-34-36-38-40-48(52)58-46(44-57-59(53,54)56-42-45(50)41-49)43-55-47(51)39-37-35-33-31-29-27-25-23-20-18-16-14-12-10-8-6-4-2/h5,7-8,10-11,13-14,16-17,19-20,22-24,27-30,45-46,49-50H,3-4,6,9,12,15,18,21,25-26,31-44H2,1-2H3,(H,53,54)/b7-5+,10-8+,13-11+,16-14+,19-17+,23-20+,24-22+,29-27+,30-28+/t45-,46+/m0/s1. The molecule has 11 heteroatoms. The van der Waals surface area contributed by atoms with Gasteiger partial charge in [-0.15, -0.1) is 0 Å². The van der Waals surface area contributed by atoms with Crippen molar-refractivity contribution in [3.63, 3.8) is 0 Å². The van der Waals surface area contributed by atoms with Crippen molar-refractivity contribution in [3.8, 4) is 0 Å². The Morgan fingerprint density at radius 1 is 0.525 bits per heavy atom. The summed E-state index contributed by atoms with van der Waals surface area (Å²) in [6.45, 7) is 2.09. The van der Waals surface area contributed by atoms with E-state index >= 15 is 0 Å². The lowest BCUT2D eigenvalue weighted by molar-refractivity contribution is -0.161. The van der Waals surface area contributed by atoms with E-state index in [1.54, 1.807) is 0 Å². The van der Waals surface area contributed by atoms with Crippen LogP contribution in [0.1, 0.15) is 142 Å². The number of aliphatic hydroxyl groups excluding tert-OH is 2. The van der Waals surface area contributed by atoms with E-state index < -0.39 is 51.8 Å². The first-order valence-electron chi connectivity index (χ1n) is 21.8. The number of carbonyl (C=O) groups is 2. The molecule has 0 aromatic carbocycles. The molecule has 334 valence electrons. The van der Waals surface area contributed by atoms with Crippen LogP contribution in [-0.4, -0.2) is 65.7 Å². The topological polar surface area (TPSA) is 149 Å². The van der Waals surface area contributed by atoms with Crippen LogP contribution in [0.2, 0.25) is 0 Å². The number of hydrogen-bond donors (Lipinski definition) is 3. The molecule has 0 aliphatic rings. The number of ether oxygens (including phenoxy) is 2. The van der Waals surface area contributed by atoms with Crippen LogP contribution in [0.3, 0.4) is 0 Å². The number of aliphatic hydroxyl groups is 2. The summed E-state index contributed by atoms with van der Waals surface area (Å²) < 4.78 is 32.7. The average Bonchev–Trinajstić information content (AvgIpc) is 3.22. The van der Waals surface area contributed by atoms with E-state index in [2.05, 4.69) is 128 Å². The number of allylic oxidation sites excluding steroid dienone is 18. The van der Waals surface area contributed by atoms with Gasteiger partial charge in [0.25, 0.3) is 0 Å². The molecule has 0 bridgehead atoms. The van der Waals surface area contributed by atoms with Gasteiger partial charge in [-0.3, -0.25) is 18.6 Å². The second-order valence-corrected chi connectivity index (χ2v) is 15.4. The SMILES string of the molecule is CC/C=C/C/C=C/C/C=C/C/C=C/C/C=C/CCCCCC(=O)O[C@H](COC(=O)CCCCC/C=C/C/C=C/C/C=C/C/C=C/CCC)COP(=O)(O)OC[C@@H](O)CO. The van der Waals surface area contributed by atoms with Crippen LogP contribution in [0.5, 0.6) is 0 Å². The lowest BCUT2D eigenvalue weighted by Crippen LogP contribution is -2.29. The molecular formula is C48H77O10P. The Kier molecular flexibility index (Phi) is 40.3. The van der Waals surface area contributed by atoms with Gasteiger partial charge in [-0.25, -0.2) is 4.57 Å². The lowest BCUT2D eigenvalue weighted by Gasteiger charge is -2.20.